The molecule has 0 saturated heterocycles. The first-order chi connectivity index (χ1) is 14.9. The van der Waals surface area contributed by atoms with Crippen molar-refractivity contribution in [2.45, 2.75) is 19.9 Å². The van der Waals surface area contributed by atoms with E-state index >= 15 is 0 Å². The number of nitriles is 1. The van der Waals surface area contributed by atoms with Crippen LogP contribution in [-0.2, 0) is 7.05 Å². The van der Waals surface area contributed by atoms with E-state index in [0.717, 1.165) is 16.6 Å². The van der Waals surface area contributed by atoms with Crippen LogP contribution in [0, 0.1) is 18.3 Å². The van der Waals surface area contributed by atoms with E-state index in [1.165, 1.54) is 6.20 Å². The van der Waals surface area contributed by atoms with Gasteiger partial charge in [0.05, 0.1) is 17.2 Å². The lowest BCUT2D eigenvalue weighted by Crippen LogP contribution is -2.19. The largest absolute Gasteiger partial charge is 0.375 e. The van der Waals surface area contributed by atoms with E-state index in [1.54, 1.807) is 30.7 Å². The molecule has 1 unspecified atom stereocenters. The van der Waals surface area contributed by atoms with Crippen molar-refractivity contribution in [3.63, 3.8) is 0 Å². The number of nitrogens with one attached hydrogen (secondary N) is 3. The molecule has 4 rings (SSSR count). The van der Waals surface area contributed by atoms with Gasteiger partial charge in [-0.15, -0.1) is 0 Å². The fourth-order valence-electron chi connectivity index (χ4n) is 3.32. The third-order valence-electron chi connectivity index (χ3n) is 4.94. The first kappa shape index (κ1) is 20.4. The molecule has 3 aromatic heterocycles. The van der Waals surface area contributed by atoms with Crippen molar-refractivity contribution in [2.75, 3.05) is 10.6 Å². The normalized spacial score (nSPS) is 11.8. The van der Waals surface area contributed by atoms with Crippen LogP contribution < -0.4 is 16.2 Å². The van der Waals surface area contributed by atoms with Crippen LogP contribution in [0.1, 0.15) is 30.2 Å². The molecule has 9 nitrogen and oxygen atoms in total. The van der Waals surface area contributed by atoms with Crippen molar-refractivity contribution in [1.82, 2.24) is 24.7 Å². The Hall–Kier alpha value is -3.90. The predicted octanol–water partition coefficient (Wildman–Crippen LogP) is 3.80. The topological polar surface area (TPSA) is 124 Å². The number of fused-ring (bicyclic) bond motifs is 1. The highest BCUT2D eigenvalue weighted by Crippen LogP contribution is 2.30. The average Bonchev–Trinajstić information content (AvgIpc) is 3.18. The monoisotopic (exact) mass is 434 g/mol. The summed E-state index contributed by atoms with van der Waals surface area (Å²) >= 11 is 6.04. The van der Waals surface area contributed by atoms with E-state index in [4.69, 9.17) is 11.6 Å². The summed E-state index contributed by atoms with van der Waals surface area (Å²) in [6.45, 7) is 3.74. The number of nitrogens with zero attached hydrogens (tertiary/aromatic N) is 5. The van der Waals surface area contributed by atoms with Crippen molar-refractivity contribution in [1.29, 1.82) is 5.26 Å². The summed E-state index contributed by atoms with van der Waals surface area (Å²) in [7, 11) is 1.72. The van der Waals surface area contributed by atoms with Gasteiger partial charge in [-0.3, -0.25) is 9.89 Å². The molecule has 1 aromatic carbocycles. The molecule has 0 saturated carbocycles. The maximum absolute atomic E-state index is 12.5. The lowest BCUT2D eigenvalue weighted by molar-refractivity contribution is 0.795. The van der Waals surface area contributed by atoms with Crippen LogP contribution in [0.5, 0.6) is 0 Å². The van der Waals surface area contributed by atoms with Gasteiger partial charge in [0.1, 0.15) is 28.4 Å². The van der Waals surface area contributed by atoms with E-state index in [0.29, 0.717) is 23.0 Å². The molecule has 3 N–H and O–H groups in total. The summed E-state index contributed by atoms with van der Waals surface area (Å²) in [5, 5.41) is 23.9. The second-order valence-corrected chi connectivity index (χ2v) is 7.44. The minimum Gasteiger partial charge on any atom is -0.375 e. The fraction of sp³-hybridized carbons (Fsp3) is 0.190. The predicted molar refractivity (Wildman–Crippen MR) is 120 cm³/mol. The number of pyridine rings is 2. The lowest BCUT2D eigenvalue weighted by atomic mass is 10.1. The summed E-state index contributed by atoms with van der Waals surface area (Å²) in [6.07, 6.45) is 1.53. The molecule has 0 aliphatic carbocycles. The maximum Gasteiger partial charge on any atom is 0.252 e. The Morgan fingerprint density at radius 3 is 2.77 bits per heavy atom. The maximum atomic E-state index is 12.5. The Balaban J connectivity index is 1.77. The van der Waals surface area contributed by atoms with Gasteiger partial charge in [-0.25, -0.2) is 9.97 Å². The molecule has 4 aromatic rings. The molecule has 31 heavy (non-hydrogen) atoms. The van der Waals surface area contributed by atoms with Crippen LogP contribution in [-0.4, -0.2) is 24.7 Å². The standard InChI is InChI=1S/C21H19ClN8O/c1-11(21-26-12(2)28-29-21)25-17-9-19(31)30(3)18-5-4-13(8-14(17)18)27-16-6-7-24-20(22)15(16)10-23/h4-9,11,25H,1-3H3,(H,24,27)(H,26,28,29). The number of aromatic nitrogens is 5. The van der Waals surface area contributed by atoms with Crippen molar-refractivity contribution >= 4 is 39.6 Å². The first-order valence-electron chi connectivity index (χ1n) is 9.48. The van der Waals surface area contributed by atoms with Gasteiger partial charge in [0.2, 0.25) is 0 Å². The molecule has 0 radical (unpaired) electrons. The Morgan fingerprint density at radius 2 is 2.06 bits per heavy atom. The zero-order chi connectivity index (χ0) is 22.1. The van der Waals surface area contributed by atoms with Crippen LogP contribution in [0.3, 0.4) is 0 Å². The Bertz CT molecular complexity index is 1380. The van der Waals surface area contributed by atoms with Gasteiger partial charge >= 0.3 is 0 Å². The number of halogens is 1. The van der Waals surface area contributed by atoms with Gasteiger partial charge in [-0.1, -0.05) is 11.6 Å². The van der Waals surface area contributed by atoms with Crippen LogP contribution in [0.2, 0.25) is 5.15 Å². The smallest absolute Gasteiger partial charge is 0.252 e. The molecule has 0 spiro atoms. The van der Waals surface area contributed by atoms with Gasteiger partial charge in [-0.2, -0.15) is 10.4 Å². The van der Waals surface area contributed by atoms with Crippen molar-refractivity contribution < 1.29 is 0 Å². The molecule has 0 fully saturated rings. The summed E-state index contributed by atoms with van der Waals surface area (Å²) < 4.78 is 1.58. The molecular formula is C21H19ClN8O. The zero-order valence-corrected chi connectivity index (χ0v) is 17.8. The second-order valence-electron chi connectivity index (χ2n) is 7.08. The molecule has 0 bridgehead atoms. The third-order valence-corrected chi connectivity index (χ3v) is 5.23. The van der Waals surface area contributed by atoms with E-state index in [-0.39, 0.29) is 22.3 Å². The number of benzene rings is 1. The molecule has 0 aliphatic heterocycles. The number of H-pyrrole nitrogens is 1. The quantitative estimate of drug-likeness (QED) is 0.408. The molecular weight excluding hydrogens is 416 g/mol. The van der Waals surface area contributed by atoms with E-state index in [1.807, 2.05) is 25.1 Å². The SMILES string of the molecule is Cc1n[nH]c(C(C)Nc2cc(=O)n(C)c3ccc(Nc4ccnc(Cl)c4C#N)cc23)n1. The number of aryl methyl sites for hydroxylation is 2. The molecule has 1 atom stereocenters. The highest BCUT2D eigenvalue weighted by atomic mass is 35.5. The summed E-state index contributed by atoms with van der Waals surface area (Å²) in [5.74, 6) is 1.32. The number of anilines is 3. The number of hydrogen-bond donors (Lipinski definition) is 3. The third kappa shape index (κ3) is 3.93. The van der Waals surface area contributed by atoms with Crippen molar-refractivity contribution in [2.24, 2.45) is 7.05 Å². The van der Waals surface area contributed by atoms with Gasteiger partial charge in [0.15, 0.2) is 0 Å². The van der Waals surface area contributed by atoms with Gasteiger partial charge in [0.25, 0.3) is 5.56 Å². The van der Waals surface area contributed by atoms with E-state index in [9.17, 15) is 10.1 Å². The fourth-order valence-corrected chi connectivity index (χ4v) is 3.52. The summed E-state index contributed by atoms with van der Waals surface area (Å²) in [6, 6.07) is 10.7. The highest BCUT2D eigenvalue weighted by Gasteiger charge is 2.15. The molecule has 156 valence electrons. The van der Waals surface area contributed by atoms with E-state index < -0.39 is 0 Å². The molecule has 0 aliphatic rings. The Kier molecular flexibility index (Phi) is 5.31. The Morgan fingerprint density at radius 1 is 1.26 bits per heavy atom. The van der Waals surface area contributed by atoms with Gasteiger partial charge < -0.3 is 15.2 Å². The molecule has 10 heteroatoms. The van der Waals surface area contributed by atoms with Crippen molar-refractivity contribution in [3.05, 3.63) is 69.2 Å². The van der Waals surface area contributed by atoms with Crippen molar-refractivity contribution in [3.8, 4) is 6.07 Å². The minimum absolute atomic E-state index is 0.134. The Labute approximate surface area is 182 Å². The van der Waals surface area contributed by atoms with Crippen LogP contribution >= 0.6 is 11.6 Å². The number of rotatable bonds is 5. The summed E-state index contributed by atoms with van der Waals surface area (Å²) in [4.78, 5) is 20.8. The number of hydrogen-bond acceptors (Lipinski definition) is 7. The number of aromatic amines is 1. The highest BCUT2D eigenvalue weighted by molar-refractivity contribution is 6.31. The van der Waals surface area contributed by atoms with Crippen LogP contribution in [0.15, 0.2) is 41.3 Å². The average molecular weight is 435 g/mol. The summed E-state index contributed by atoms with van der Waals surface area (Å²) in [5.41, 5.74) is 2.83. The zero-order valence-electron chi connectivity index (χ0n) is 17.1. The molecule has 3 heterocycles. The second kappa shape index (κ2) is 8.08. The van der Waals surface area contributed by atoms with E-state index in [2.05, 4.69) is 36.9 Å². The van der Waals surface area contributed by atoms with Crippen LogP contribution in [0.4, 0.5) is 17.1 Å². The van der Waals surface area contributed by atoms with Gasteiger partial charge in [0, 0.05) is 36.1 Å². The minimum atomic E-state index is -0.197. The first-order valence-corrected chi connectivity index (χ1v) is 9.86. The lowest BCUT2D eigenvalue weighted by Gasteiger charge is -2.17. The molecule has 0 amide bonds. The van der Waals surface area contributed by atoms with Crippen LogP contribution in [0.25, 0.3) is 10.9 Å². The van der Waals surface area contributed by atoms with Gasteiger partial charge in [-0.05, 0) is 38.1 Å².